The molecule has 0 saturated heterocycles. The van der Waals surface area contributed by atoms with Crippen LogP contribution in [0.4, 0.5) is 0 Å². The highest BCUT2D eigenvalue weighted by Crippen LogP contribution is 2.17. The molecular weight excluding hydrogens is 412 g/mol. The molecule has 0 aliphatic rings. The molecule has 156 valence electrons. The van der Waals surface area contributed by atoms with Gasteiger partial charge in [0, 0.05) is 0 Å². The number of nitriles is 2. The van der Waals surface area contributed by atoms with Crippen molar-refractivity contribution in [1.82, 2.24) is 10.9 Å². The minimum absolute atomic E-state index is 0.353. The highest BCUT2D eigenvalue weighted by atomic mass is 32.2. The number of carbonyl (C=O) groups is 2. The zero-order chi connectivity index (χ0) is 22.6. The third-order valence-electron chi connectivity index (χ3n) is 3.95. The topological polar surface area (TPSA) is 130 Å². The Morgan fingerprint density at radius 2 is 1.29 bits per heavy atom. The summed E-state index contributed by atoms with van der Waals surface area (Å²) in [5, 5.41) is 24.5. The van der Waals surface area contributed by atoms with Gasteiger partial charge in [-0.05, 0) is 49.2 Å². The summed E-state index contributed by atoms with van der Waals surface area (Å²) < 4.78 is 0. The van der Waals surface area contributed by atoms with E-state index in [9.17, 15) is 9.59 Å². The second-order valence-electron chi connectivity index (χ2n) is 6.36. The maximum Gasteiger partial charge on any atom is 0.252 e. The van der Waals surface area contributed by atoms with Crippen LogP contribution < -0.4 is 10.9 Å². The minimum Gasteiger partial charge on any atom is -0.272 e. The maximum absolute atomic E-state index is 12.2. The fraction of sp³-hybridized carbons (Fsp3) is 0.182. The van der Waals surface area contributed by atoms with Gasteiger partial charge in [-0.3, -0.25) is 9.59 Å². The Morgan fingerprint density at radius 1 is 0.871 bits per heavy atom. The van der Waals surface area contributed by atoms with Gasteiger partial charge in [0.1, 0.15) is 0 Å². The molecule has 9 heteroatoms. The lowest BCUT2D eigenvalue weighted by atomic mass is 10.1. The summed E-state index contributed by atoms with van der Waals surface area (Å²) in [7, 11) is 0. The fourth-order valence-corrected chi connectivity index (χ4v) is 3.29. The van der Waals surface area contributed by atoms with E-state index in [1.54, 1.807) is 62.4 Å². The molecule has 8 nitrogen and oxygen atoms in total. The maximum atomic E-state index is 12.2. The van der Waals surface area contributed by atoms with Gasteiger partial charge in [0.05, 0.1) is 46.2 Å². The van der Waals surface area contributed by atoms with E-state index in [0.717, 1.165) is 11.8 Å². The summed E-state index contributed by atoms with van der Waals surface area (Å²) in [6.07, 6.45) is 2.89. The van der Waals surface area contributed by atoms with E-state index in [1.165, 1.54) is 12.4 Å². The zero-order valence-corrected chi connectivity index (χ0v) is 17.8. The number of carbonyl (C=O) groups excluding carboxylic acids is 2. The van der Waals surface area contributed by atoms with Crippen LogP contribution in [0, 0.1) is 22.7 Å². The van der Waals surface area contributed by atoms with Crippen LogP contribution in [0.5, 0.6) is 0 Å². The Labute approximate surface area is 184 Å². The standard InChI is InChI=1S/C22H20N6O2S/c1-15(21(29)27-25-13-19-7-3-5-17(9-19)11-23)31-16(2)22(30)28-26-14-20-8-4-6-18(10-20)12-24/h3-10,13-16H,1-2H3,(H,27,29)(H,28,30). The smallest absolute Gasteiger partial charge is 0.252 e. The van der Waals surface area contributed by atoms with Gasteiger partial charge in [-0.2, -0.15) is 20.7 Å². The summed E-state index contributed by atoms with van der Waals surface area (Å²) in [4.78, 5) is 24.4. The molecule has 0 saturated carbocycles. The molecule has 2 rings (SSSR count). The highest BCUT2D eigenvalue weighted by Gasteiger charge is 2.21. The Morgan fingerprint density at radius 3 is 1.68 bits per heavy atom. The van der Waals surface area contributed by atoms with Crippen LogP contribution in [0.3, 0.4) is 0 Å². The van der Waals surface area contributed by atoms with Crippen molar-refractivity contribution >= 4 is 36.0 Å². The first-order chi connectivity index (χ1) is 14.9. The number of rotatable bonds is 8. The normalized spacial score (nSPS) is 12.6. The first kappa shape index (κ1) is 23.3. The zero-order valence-electron chi connectivity index (χ0n) is 16.9. The average Bonchev–Trinajstić information content (AvgIpc) is 2.79. The van der Waals surface area contributed by atoms with Crippen LogP contribution in [0.25, 0.3) is 0 Å². The van der Waals surface area contributed by atoms with Gasteiger partial charge in [0.2, 0.25) is 0 Å². The lowest BCUT2D eigenvalue weighted by Crippen LogP contribution is -2.33. The Bertz CT molecular complexity index is 998. The molecule has 2 unspecified atom stereocenters. The second-order valence-corrected chi connectivity index (χ2v) is 8.05. The predicted molar refractivity (Wildman–Crippen MR) is 120 cm³/mol. The molecule has 0 aromatic heterocycles. The minimum atomic E-state index is -0.528. The molecule has 0 aliphatic heterocycles. The number of nitrogens with zero attached hydrogens (tertiary/aromatic N) is 4. The number of amides is 2. The van der Waals surface area contributed by atoms with Crippen LogP contribution in [0.1, 0.15) is 36.1 Å². The first-order valence-electron chi connectivity index (χ1n) is 9.24. The van der Waals surface area contributed by atoms with Crippen LogP contribution in [0.2, 0.25) is 0 Å². The SMILES string of the molecule is CC(SC(C)C(=O)NN=Cc1cccc(C#N)c1)C(=O)NN=Cc1cccc(C#N)c1. The summed E-state index contributed by atoms with van der Waals surface area (Å²) in [6.45, 7) is 3.35. The van der Waals surface area contributed by atoms with Crippen LogP contribution in [-0.2, 0) is 9.59 Å². The monoisotopic (exact) mass is 432 g/mol. The fourth-order valence-electron chi connectivity index (χ4n) is 2.33. The van der Waals surface area contributed by atoms with Crippen molar-refractivity contribution < 1.29 is 9.59 Å². The van der Waals surface area contributed by atoms with Crippen LogP contribution in [0.15, 0.2) is 58.7 Å². The van der Waals surface area contributed by atoms with E-state index < -0.39 is 10.5 Å². The molecular formula is C22H20N6O2S. The van der Waals surface area contributed by atoms with E-state index in [0.29, 0.717) is 22.3 Å². The molecule has 0 aliphatic carbocycles. The molecule has 0 radical (unpaired) electrons. The van der Waals surface area contributed by atoms with Gasteiger partial charge in [0.15, 0.2) is 0 Å². The van der Waals surface area contributed by atoms with Crippen LogP contribution >= 0.6 is 11.8 Å². The number of hydrazone groups is 2. The van der Waals surface area contributed by atoms with Crippen molar-refractivity contribution in [2.24, 2.45) is 10.2 Å². The summed E-state index contributed by atoms with van der Waals surface area (Å²) in [5.41, 5.74) is 7.22. The number of benzene rings is 2. The number of hydrogen-bond acceptors (Lipinski definition) is 7. The highest BCUT2D eigenvalue weighted by molar-refractivity contribution is 8.01. The van der Waals surface area contributed by atoms with E-state index in [4.69, 9.17) is 10.5 Å². The van der Waals surface area contributed by atoms with Crippen molar-refractivity contribution in [3.63, 3.8) is 0 Å². The lowest BCUT2D eigenvalue weighted by molar-refractivity contribution is -0.120. The third kappa shape index (κ3) is 7.77. The van der Waals surface area contributed by atoms with Gasteiger partial charge in [-0.15, -0.1) is 11.8 Å². The summed E-state index contributed by atoms with van der Waals surface area (Å²) in [6, 6.07) is 17.7. The van der Waals surface area contributed by atoms with Gasteiger partial charge in [-0.1, -0.05) is 24.3 Å². The quantitative estimate of drug-likeness (QED) is 0.489. The Balaban J connectivity index is 1.81. The van der Waals surface area contributed by atoms with E-state index >= 15 is 0 Å². The summed E-state index contributed by atoms with van der Waals surface area (Å²) >= 11 is 1.16. The van der Waals surface area contributed by atoms with Crippen molar-refractivity contribution in [3.8, 4) is 12.1 Å². The van der Waals surface area contributed by atoms with E-state index in [-0.39, 0.29) is 11.8 Å². The molecule has 2 atom stereocenters. The number of hydrogen-bond donors (Lipinski definition) is 2. The molecule has 2 N–H and O–H groups in total. The number of nitrogens with one attached hydrogen (secondary N) is 2. The average molecular weight is 433 g/mol. The first-order valence-corrected chi connectivity index (χ1v) is 10.2. The molecule has 2 aromatic carbocycles. The van der Waals surface area contributed by atoms with Crippen molar-refractivity contribution in [2.75, 3.05) is 0 Å². The van der Waals surface area contributed by atoms with Gasteiger partial charge in [0.25, 0.3) is 11.8 Å². The Hall–Kier alpha value is -3.95. The van der Waals surface area contributed by atoms with Gasteiger partial charge < -0.3 is 0 Å². The second kappa shape index (κ2) is 11.9. The van der Waals surface area contributed by atoms with E-state index in [2.05, 4.69) is 21.1 Å². The number of thioether (sulfide) groups is 1. The molecule has 2 amide bonds. The molecule has 2 aromatic rings. The summed E-state index contributed by atoms with van der Waals surface area (Å²) in [5.74, 6) is -0.705. The van der Waals surface area contributed by atoms with Crippen molar-refractivity contribution in [2.45, 2.75) is 24.3 Å². The van der Waals surface area contributed by atoms with Crippen LogP contribution in [-0.4, -0.2) is 34.7 Å². The largest absolute Gasteiger partial charge is 0.272 e. The molecule has 0 fully saturated rings. The molecule has 0 bridgehead atoms. The Kier molecular flexibility index (Phi) is 8.96. The van der Waals surface area contributed by atoms with E-state index in [1.807, 2.05) is 12.1 Å². The van der Waals surface area contributed by atoms with Gasteiger partial charge >= 0.3 is 0 Å². The predicted octanol–water partition coefficient (Wildman–Crippen LogP) is 2.54. The van der Waals surface area contributed by atoms with Crippen molar-refractivity contribution in [1.29, 1.82) is 10.5 Å². The third-order valence-corrected chi connectivity index (χ3v) is 5.20. The molecule has 0 spiro atoms. The van der Waals surface area contributed by atoms with Crippen molar-refractivity contribution in [3.05, 3.63) is 70.8 Å². The molecule has 0 heterocycles. The molecule has 31 heavy (non-hydrogen) atoms. The van der Waals surface area contributed by atoms with Gasteiger partial charge in [-0.25, -0.2) is 10.9 Å². The lowest BCUT2D eigenvalue weighted by Gasteiger charge is -2.14.